The lowest BCUT2D eigenvalue weighted by Gasteiger charge is -2.34. The molecule has 1 unspecified atom stereocenters. The van der Waals surface area contributed by atoms with Gasteiger partial charge in [0, 0.05) is 36.8 Å². The maximum atomic E-state index is 13.2. The Hall–Kier alpha value is -3.15. The Morgan fingerprint density at radius 2 is 2.04 bits per heavy atom. The maximum Gasteiger partial charge on any atom is 0.258 e. The summed E-state index contributed by atoms with van der Waals surface area (Å²) >= 11 is 0. The third-order valence-electron chi connectivity index (χ3n) is 5.13. The number of hydrogen-bond acceptors (Lipinski definition) is 3. The fraction of sp³-hybridized carbons (Fsp3) is 0.286. The number of hydrogen-bond donors (Lipinski definition) is 1. The molecule has 1 aliphatic heterocycles. The van der Waals surface area contributed by atoms with Gasteiger partial charge in [0.1, 0.15) is 5.65 Å². The molecule has 3 aromatic rings. The highest BCUT2D eigenvalue weighted by molar-refractivity contribution is 6.13. The number of pyridine rings is 1. The number of rotatable bonds is 2. The van der Waals surface area contributed by atoms with Crippen molar-refractivity contribution < 1.29 is 9.59 Å². The molecule has 0 radical (unpaired) electrons. The number of anilines is 1. The van der Waals surface area contributed by atoms with E-state index >= 15 is 0 Å². The van der Waals surface area contributed by atoms with Crippen molar-refractivity contribution in [1.29, 1.82) is 0 Å². The molecular formula is C21H22N4O2. The molecule has 1 N–H and O–H groups in total. The van der Waals surface area contributed by atoms with Gasteiger partial charge in [-0.15, -0.1) is 0 Å². The summed E-state index contributed by atoms with van der Waals surface area (Å²) in [6, 6.07) is 11.5. The molecule has 0 spiro atoms. The molecule has 0 saturated heterocycles. The zero-order chi connectivity index (χ0) is 19.1. The molecule has 2 aromatic heterocycles. The predicted molar refractivity (Wildman–Crippen MR) is 105 cm³/mol. The molecule has 0 aliphatic carbocycles. The minimum absolute atomic E-state index is 0.0111. The highest BCUT2D eigenvalue weighted by Crippen LogP contribution is 2.31. The van der Waals surface area contributed by atoms with Crippen LogP contribution in [0.15, 0.2) is 42.6 Å². The Kier molecular flexibility index (Phi) is 4.18. The van der Waals surface area contributed by atoms with Crippen LogP contribution in [0.5, 0.6) is 0 Å². The van der Waals surface area contributed by atoms with E-state index in [2.05, 4.69) is 14.9 Å². The van der Waals surface area contributed by atoms with E-state index in [4.69, 9.17) is 0 Å². The van der Waals surface area contributed by atoms with Crippen LogP contribution in [0.4, 0.5) is 5.69 Å². The molecule has 4 rings (SSSR count). The first-order chi connectivity index (χ1) is 13.0. The first-order valence-corrected chi connectivity index (χ1v) is 9.07. The van der Waals surface area contributed by atoms with E-state index in [0.717, 1.165) is 28.0 Å². The first kappa shape index (κ1) is 17.3. The zero-order valence-corrected chi connectivity index (χ0v) is 15.7. The van der Waals surface area contributed by atoms with Crippen molar-refractivity contribution in [2.45, 2.75) is 39.9 Å². The number of nitrogens with zero attached hydrogens (tertiary/aromatic N) is 3. The average molecular weight is 362 g/mol. The summed E-state index contributed by atoms with van der Waals surface area (Å²) in [5.41, 5.74) is 4.05. The standard InChI is InChI=1S/C21H22N4O2/c1-13-6-4-7-16(10-13)23-21(27)19-17-8-5-9-22-20(17)25-11-14(2)24(15(3)26)12-18(19)25/h4-10,14H,11-12H2,1-3H3,(H,23,27). The van der Waals surface area contributed by atoms with E-state index < -0.39 is 0 Å². The Balaban J connectivity index is 1.82. The topological polar surface area (TPSA) is 67.2 Å². The highest BCUT2D eigenvalue weighted by atomic mass is 16.2. The molecule has 138 valence electrons. The lowest BCUT2D eigenvalue weighted by Crippen LogP contribution is -2.44. The number of nitrogens with one attached hydrogen (secondary N) is 1. The number of carbonyl (C=O) groups excluding carboxylic acids is 2. The fourth-order valence-electron chi connectivity index (χ4n) is 3.86. The summed E-state index contributed by atoms with van der Waals surface area (Å²) < 4.78 is 2.07. The second-order valence-electron chi connectivity index (χ2n) is 7.13. The van der Waals surface area contributed by atoms with Crippen molar-refractivity contribution >= 4 is 28.5 Å². The number of carbonyl (C=O) groups is 2. The minimum atomic E-state index is -0.176. The van der Waals surface area contributed by atoms with Gasteiger partial charge in [0.15, 0.2) is 0 Å². The predicted octanol–water partition coefficient (Wildman–Crippen LogP) is 3.35. The normalized spacial score (nSPS) is 16.3. The second kappa shape index (κ2) is 6.54. The number of benzene rings is 1. The van der Waals surface area contributed by atoms with Gasteiger partial charge in [-0.2, -0.15) is 0 Å². The van der Waals surface area contributed by atoms with Gasteiger partial charge >= 0.3 is 0 Å². The summed E-state index contributed by atoms with van der Waals surface area (Å²) in [7, 11) is 0. The largest absolute Gasteiger partial charge is 0.333 e. The molecule has 27 heavy (non-hydrogen) atoms. The van der Waals surface area contributed by atoms with Crippen LogP contribution in [0.1, 0.15) is 35.5 Å². The third-order valence-corrected chi connectivity index (χ3v) is 5.13. The van der Waals surface area contributed by atoms with Crippen molar-refractivity contribution in [3.8, 4) is 0 Å². The average Bonchev–Trinajstić information content (AvgIpc) is 2.94. The second-order valence-corrected chi connectivity index (χ2v) is 7.13. The smallest absolute Gasteiger partial charge is 0.258 e. The molecule has 6 nitrogen and oxygen atoms in total. The molecule has 1 aliphatic rings. The van der Waals surface area contributed by atoms with E-state index in [-0.39, 0.29) is 17.9 Å². The zero-order valence-electron chi connectivity index (χ0n) is 15.7. The van der Waals surface area contributed by atoms with E-state index in [0.29, 0.717) is 18.7 Å². The molecule has 0 saturated carbocycles. The Bertz CT molecular complexity index is 1050. The minimum Gasteiger partial charge on any atom is -0.333 e. The van der Waals surface area contributed by atoms with Gasteiger partial charge in [-0.25, -0.2) is 4.98 Å². The molecule has 1 aromatic carbocycles. The van der Waals surface area contributed by atoms with Crippen molar-refractivity contribution in [2.75, 3.05) is 5.32 Å². The first-order valence-electron chi connectivity index (χ1n) is 9.07. The quantitative estimate of drug-likeness (QED) is 0.760. The Morgan fingerprint density at radius 1 is 1.22 bits per heavy atom. The van der Waals surface area contributed by atoms with Crippen LogP contribution in [0.25, 0.3) is 11.0 Å². The van der Waals surface area contributed by atoms with Crippen LogP contribution in [-0.2, 0) is 17.9 Å². The number of aryl methyl sites for hydroxylation is 1. The van der Waals surface area contributed by atoms with E-state index in [1.807, 2.05) is 50.2 Å². The monoisotopic (exact) mass is 362 g/mol. The number of aromatic nitrogens is 2. The molecule has 3 heterocycles. The molecule has 2 amide bonds. The summed E-state index contributed by atoms with van der Waals surface area (Å²) in [5, 5.41) is 3.81. The van der Waals surface area contributed by atoms with E-state index in [1.54, 1.807) is 18.0 Å². The van der Waals surface area contributed by atoms with Crippen LogP contribution in [-0.4, -0.2) is 32.3 Å². The van der Waals surface area contributed by atoms with Crippen LogP contribution in [0.2, 0.25) is 0 Å². The summed E-state index contributed by atoms with van der Waals surface area (Å²) in [4.78, 5) is 31.5. The van der Waals surface area contributed by atoms with Gasteiger partial charge in [-0.3, -0.25) is 9.59 Å². The Labute approximate surface area is 157 Å². The van der Waals surface area contributed by atoms with Crippen molar-refractivity contribution in [1.82, 2.24) is 14.5 Å². The van der Waals surface area contributed by atoms with Gasteiger partial charge in [0.25, 0.3) is 5.91 Å². The number of fused-ring (bicyclic) bond motifs is 3. The lowest BCUT2D eigenvalue weighted by atomic mass is 10.1. The van der Waals surface area contributed by atoms with Crippen molar-refractivity contribution in [3.63, 3.8) is 0 Å². The Morgan fingerprint density at radius 3 is 2.78 bits per heavy atom. The van der Waals surface area contributed by atoms with Gasteiger partial charge in [-0.1, -0.05) is 12.1 Å². The van der Waals surface area contributed by atoms with Crippen LogP contribution < -0.4 is 5.32 Å². The van der Waals surface area contributed by atoms with Gasteiger partial charge in [-0.05, 0) is 43.7 Å². The van der Waals surface area contributed by atoms with E-state index in [9.17, 15) is 9.59 Å². The van der Waals surface area contributed by atoms with Gasteiger partial charge in [0.05, 0.1) is 17.8 Å². The lowest BCUT2D eigenvalue weighted by molar-refractivity contribution is -0.132. The van der Waals surface area contributed by atoms with Crippen molar-refractivity contribution in [2.24, 2.45) is 0 Å². The van der Waals surface area contributed by atoms with Crippen LogP contribution >= 0.6 is 0 Å². The fourth-order valence-corrected chi connectivity index (χ4v) is 3.86. The molecule has 1 atom stereocenters. The SMILES string of the molecule is CC(=O)N1Cc2c(C(=O)Nc3cccc(C)c3)c3cccnc3n2CC1C. The van der Waals surface area contributed by atoms with Gasteiger partial charge in [0.2, 0.25) is 5.91 Å². The summed E-state index contributed by atoms with van der Waals surface area (Å²) in [5.74, 6) is -0.164. The summed E-state index contributed by atoms with van der Waals surface area (Å²) in [6.45, 7) is 6.61. The van der Waals surface area contributed by atoms with Crippen LogP contribution in [0, 0.1) is 6.92 Å². The third kappa shape index (κ3) is 2.97. The summed E-state index contributed by atoms with van der Waals surface area (Å²) in [6.07, 6.45) is 1.74. The van der Waals surface area contributed by atoms with Crippen molar-refractivity contribution in [3.05, 3.63) is 59.4 Å². The van der Waals surface area contributed by atoms with E-state index in [1.165, 1.54) is 0 Å². The molecule has 0 bridgehead atoms. The van der Waals surface area contributed by atoms with Gasteiger partial charge < -0.3 is 14.8 Å². The number of amides is 2. The van der Waals surface area contributed by atoms with Crippen LogP contribution in [0.3, 0.4) is 0 Å². The molecule has 0 fully saturated rings. The highest BCUT2D eigenvalue weighted by Gasteiger charge is 2.32. The maximum absolute atomic E-state index is 13.2. The molecular weight excluding hydrogens is 340 g/mol. The molecule has 6 heteroatoms.